The van der Waals surface area contributed by atoms with Crippen LogP contribution in [0.4, 0.5) is 10.5 Å². The van der Waals surface area contributed by atoms with Crippen molar-refractivity contribution in [2.45, 2.75) is 0 Å². The van der Waals surface area contributed by atoms with Crippen molar-refractivity contribution < 1.29 is 14.3 Å². The molecule has 0 aromatic heterocycles. The van der Waals surface area contributed by atoms with Gasteiger partial charge in [-0.1, -0.05) is 6.08 Å². The van der Waals surface area contributed by atoms with Gasteiger partial charge in [0.1, 0.15) is 0 Å². The van der Waals surface area contributed by atoms with E-state index >= 15 is 0 Å². The smallest absolute Gasteiger partial charge is 0.319 e. The SMILES string of the molecule is C=CCNC(=O)c1ccc(NC(=O)NCCN2CCOCC2)cc1. The van der Waals surface area contributed by atoms with Gasteiger partial charge in [0.15, 0.2) is 0 Å². The highest BCUT2D eigenvalue weighted by Crippen LogP contribution is 2.09. The molecule has 3 N–H and O–H groups in total. The lowest BCUT2D eigenvalue weighted by Gasteiger charge is -2.26. The van der Waals surface area contributed by atoms with Gasteiger partial charge in [0.25, 0.3) is 5.91 Å². The van der Waals surface area contributed by atoms with Crippen LogP contribution in [0.5, 0.6) is 0 Å². The number of morpholine rings is 1. The summed E-state index contributed by atoms with van der Waals surface area (Å²) in [6, 6.07) is 6.48. The van der Waals surface area contributed by atoms with Crippen molar-refractivity contribution in [3.8, 4) is 0 Å². The molecule has 7 nitrogen and oxygen atoms in total. The third-order valence-electron chi connectivity index (χ3n) is 3.63. The highest BCUT2D eigenvalue weighted by atomic mass is 16.5. The normalized spacial score (nSPS) is 14.7. The van der Waals surface area contributed by atoms with Gasteiger partial charge in [-0.05, 0) is 24.3 Å². The van der Waals surface area contributed by atoms with Gasteiger partial charge in [0, 0.05) is 44.0 Å². The summed E-state index contributed by atoms with van der Waals surface area (Å²) in [5.74, 6) is -0.170. The highest BCUT2D eigenvalue weighted by molar-refractivity contribution is 5.95. The molecule has 0 atom stereocenters. The fourth-order valence-electron chi connectivity index (χ4n) is 2.30. The van der Waals surface area contributed by atoms with Crippen molar-refractivity contribution >= 4 is 17.6 Å². The Labute approximate surface area is 142 Å². The number of urea groups is 1. The van der Waals surface area contributed by atoms with Crippen LogP contribution in [0.3, 0.4) is 0 Å². The number of nitrogens with zero attached hydrogens (tertiary/aromatic N) is 1. The van der Waals surface area contributed by atoms with Gasteiger partial charge in [-0.15, -0.1) is 6.58 Å². The molecule has 0 spiro atoms. The molecule has 1 aliphatic heterocycles. The summed E-state index contributed by atoms with van der Waals surface area (Å²) in [7, 11) is 0. The molecule has 3 amide bonds. The predicted octanol–water partition coefficient (Wildman–Crippen LogP) is 1.06. The number of carbonyl (C=O) groups is 2. The summed E-state index contributed by atoms with van der Waals surface area (Å²) < 4.78 is 5.28. The van der Waals surface area contributed by atoms with E-state index in [0.717, 1.165) is 32.8 Å². The summed E-state index contributed by atoms with van der Waals surface area (Å²) in [6.07, 6.45) is 1.62. The molecule has 0 aliphatic carbocycles. The minimum Gasteiger partial charge on any atom is -0.379 e. The number of amides is 3. The van der Waals surface area contributed by atoms with Crippen LogP contribution in [0.2, 0.25) is 0 Å². The van der Waals surface area contributed by atoms with E-state index in [1.165, 1.54) is 0 Å². The Balaban J connectivity index is 1.71. The van der Waals surface area contributed by atoms with E-state index in [1.807, 2.05) is 0 Å². The lowest BCUT2D eigenvalue weighted by Crippen LogP contribution is -2.42. The van der Waals surface area contributed by atoms with Crippen LogP contribution in [0.1, 0.15) is 10.4 Å². The number of hydrogen-bond donors (Lipinski definition) is 3. The van der Waals surface area contributed by atoms with E-state index < -0.39 is 0 Å². The molecule has 0 unspecified atom stereocenters. The standard InChI is InChI=1S/C17H24N4O3/c1-2-7-18-16(22)14-3-5-15(6-4-14)20-17(23)19-8-9-21-10-12-24-13-11-21/h2-6H,1,7-13H2,(H,18,22)(H2,19,20,23). The molecule has 0 bridgehead atoms. The first-order valence-corrected chi connectivity index (χ1v) is 8.03. The quantitative estimate of drug-likeness (QED) is 0.652. The molecule has 0 saturated carbocycles. The van der Waals surface area contributed by atoms with E-state index in [9.17, 15) is 9.59 Å². The van der Waals surface area contributed by atoms with Gasteiger partial charge in [-0.25, -0.2) is 4.79 Å². The molecule has 0 radical (unpaired) electrons. The van der Waals surface area contributed by atoms with E-state index in [2.05, 4.69) is 27.4 Å². The summed E-state index contributed by atoms with van der Waals surface area (Å²) in [5.41, 5.74) is 1.18. The van der Waals surface area contributed by atoms with E-state index in [4.69, 9.17) is 4.74 Å². The number of nitrogens with one attached hydrogen (secondary N) is 3. The number of hydrogen-bond acceptors (Lipinski definition) is 4. The molecular weight excluding hydrogens is 308 g/mol. The molecular formula is C17H24N4O3. The molecule has 130 valence electrons. The minimum atomic E-state index is -0.257. The average molecular weight is 332 g/mol. The fraction of sp³-hybridized carbons (Fsp3) is 0.412. The van der Waals surface area contributed by atoms with Gasteiger partial charge < -0.3 is 20.7 Å². The number of ether oxygens (including phenoxy) is 1. The van der Waals surface area contributed by atoms with E-state index in [0.29, 0.717) is 24.3 Å². The summed E-state index contributed by atoms with van der Waals surface area (Å²) in [4.78, 5) is 25.9. The van der Waals surface area contributed by atoms with E-state index in [-0.39, 0.29) is 11.9 Å². The van der Waals surface area contributed by atoms with Gasteiger partial charge >= 0.3 is 6.03 Å². The third kappa shape index (κ3) is 6.02. The van der Waals surface area contributed by atoms with Crippen LogP contribution in [-0.4, -0.2) is 62.8 Å². The lowest BCUT2D eigenvalue weighted by molar-refractivity contribution is 0.0388. The Morgan fingerprint density at radius 1 is 1.17 bits per heavy atom. The van der Waals surface area contributed by atoms with Crippen LogP contribution >= 0.6 is 0 Å². The van der Waals surface area contributed by atoms with Crippen molar-refractivity contribution in [2.24, 2.45) is 0 Å². The van der Waals surface area contributed by atoms with Crippen molar-refractivity contribution in [2.75, 3.05) is 51.3 Å². The average Bonchev–Trinajstić information content (AvgIpc) is 2.61. The molecule has 1 saturated heterocycles. The lowest BCUT2D eigenvalue weighted by atomic mass is 10.2. The zero-order valence-corrected chi connectivity index (χ0v) is 13.7. The van der Waals surface area contributed by atoms with Crippen LogP contribution in [0.25, 0.3) is 0 Å². The maximum absolute atomic E-state index is 11.9. The first-order chi connectivity index (χ1) is 11.7. The topological polar surface area (TPSA) is 82.7 Å². The number of rotatable bonds is 7. The predicted molar refractivity (Wildman–Crippen MR) is 93.3 cm³/mol. The second-order valence-corrected chi connectivity index (χ2v) is 5.41. The Morgan fingerprint density at radius 3 is 2.54 bits per heavy atom. The second kappa shape index (κ2) is 9.69. The highest BCUT2D eigenvalue weighted by Gasteiger charge is 2.10. The maximum Gasteiger partial charge on any atom is 0.319 e. The summed E-state index contributed by atoms with van der Waals surface area (Å²) in [6.45, 7) is 8.65. The van der Waals surface area contributed by atoms with Crippen LogP contribution in [0, 0.1) is 0 Å². The molecule has 1 aliphatic rings. The second-order valence-electron chi connectivity index (χ2n) is 5.41. The molecule has 1 aromatic carbocycles. The zero-order valence-electron chi connectivity index (χ0n) is 13.7. The Hall–Kier alpha value is -2.38. The minimum absolute atomic E-state index is 0.170. The van der Waals surface area contributed by atoms with Crippen LogP contribution in [0.15, 0.2) is 36.9 Å². The fourth-order valence-corrected chi connectivity index (χ4v) is 2.30. The Morgan fingerprint density at radius 2 is 1.88 bits per heavy atom. The Kier molecular flexibility index (Phi) is 7.25. The molecule has 1 heterocycles. The van der Waals surface area contributed by atoms with Crippen molar-refractivity contribution in [3.05, 3.63) is 42.5 Å². The number of carbonyl (C=O) groups excluding carboxylic acids is 2. The van der Waals surface area contributed by atoms with Gasteiger partial charge in [-0.2, -0.15) is 0 Å². The molecule has 1 aromatic rings. The monoisotopic (exact) mass is 332 g/mol. The summed E-state index contributed by atoms with van der Waals surface area (Å²) in [5, 5.41) is 8.27. The zero-order chi connectivity index (χ0) is 17.2. The van der Waals surface area contributed by atoms with Gasteiger partial charge in [-0.3, -0.25) is 9.69 Å². The Bertz CT molecular complexity index is 553. The van der Waals surface area contributed by atoms with Crippen molar-refractivity contribution in [1.29, 1.82) is 0 Å². The number of benzene rings is 1. The molecule has 24 heavy (non-hydrogen) atoms. The largest absolute Gasteiger partial charge is 0.379 e. The molecule has 1 fully saturated rings. The first kappa shape index (κ1) is 18.0. The first-order valence-electron chi connectivity index (χ1n) is 8.03. The van der Waals surface area contributed by atoms with Crippen molar-refractivity contribution in [1.82, 2.24) is 15.5 Å². The van der Waals surface area contributed by atoms with E-state index in [1.54, 1.807) is 30.3 Å². The van der Waals surface area contributed by atoms with Gasteiger partial charge in [0.2, 0.25) is 0 Å². The molecule has 7 heteroatoms. The van der Waals surface area contributed by atoms with Crippen LogP contribution < -0.4 is 16.0 Å². The maximum atomic E-state index is 11.9. The van der Waals surface area contributed by atoms with Crippen molar-refractivity contribution in [3.63, 3.8) is 0 Å². The molecule has 2 rings (SSSR count). The number of anilines is 1. The summed E-state index contributed by atoms with van der Waals surface area (Å²) >= 11 is 0. The van der Waals surface area contributed by atoms with Crippen LogP contribution in [-0.2, 0) is 4.74 Å². The third-order valence-corrected chi connectivity index (χ3v) is 3.63. The van der Waals surface area contributed by atoms with Gasteiger partial charge in [0.05, 0.1) is 13.2 Å².